The van der Waals surface area contributed by atoms with Gasteiger partial charge in [-0.3, -0.25) is 57.5 Å². The molecule has 0 aliphatic carbocycles. The highest BCUT2D eigenvalue weighted by Gasteiger charge is 2.46. The Labute approximate surface area is 495 Å². The molecule has 84 heavy (non-hydrogen) atoms. The molecule has 12 N–H and O–H groups in total. The quantitative estimate of drug-likeness (QED) is 0.0444. The van der Waals surface area contributed by atoms with E-state index in [1.54, 1.807) is 27.7 Å². The van der Waals surface area contributed by atoms with Gasteiger partial charge in [0, 0.05) is 20.0 Å². The minimum atomic E-state index is -1.67. The number of hydrogen-bond acceptors (Lipinski definition) is 13. The zero-order valence-corrected chi connectivity index (χ0v) is 52.7. The lowest BCUT2D eigenvalue weighted by atomic mass is 9.93. The van der Waals surface area contributed by atoms with Crippen molar-refractivity contribution in [3.05, 3.63) is 0 Å². The molecule has 0 aromatic carbocycles. The van der Waals surface area contributed by atoms with E-state index in [9.17, 15) is 67.4 Å². The summed E-state index contributed by atoms with van der Waals surface area (Å²) in [5, 5.41) is 33.7. The van der Waals surface area contributed by atoms with Gasteiger partial charge >= 0.3 is 5.97 Å². The minimum absolute atomic E-state index is 0.0282. The third kappa shape index (κ3) is 21.6. The van der Waals surface area contributed by atoms with Crippen LogP contribution in [-0.2, 0) is 62.3 Å². The third-order valence-electron chi connectivity index (χ3n) is 15.2. The Morgan fingerprint density at radius 2 is 0.869 bits per heavy atom. The van der Waals surface area contributed by atoms with Crippen LogP contribution in [0.4, 0.5) is 0 Å². The van der Waals surface area contributed by atoms with Gasteiger partial charge in [0.1, 0.15) is 65.0 Å². The van der Waals surface area contributed by atoms with E-state index in [-0.39, 0.29) is 62.9 Å². The first kappa shape index (κ1) is 73.2. The molecule has 2 aliphatic heterocycles. The fourth-order valence-electron chi connectivity index (χ4n) is 10.2. The number of carbonyl (C=O) groups is 13. The van der Waals surface area contributed by atoms with Gasteiger partial charge in [0.2, 0.25) is 70.9 Å². The van der Waals surface area contributed by atoms with Crippen LogP contribution in [0.3, 0.4) is 0 Å². The monoisotopic (exact) mass is 1190 g/mol. The summed E-state index contributed by atoms with van der Waals surface area (Å²) in [6.45, 7) is 28.1. The van der Waals surface area contributed by atoms with Gasteiger partial charge in [-0.2, -0.15) is 0 Å². The van der Waals surface area contributed by atoms with E-state index in [4.69, 9.17) is 5.73 Å². The van der Waals surface area contributed by atoms with Gasteiger partial charge in [-0.05, 0) is 116 Å². The highest BCUT2D eigenvalue weighted by molar-refractivity contribution is 6.01. The van der Waals surface area contributed by atoms with Crippen molar-refractivity contribution >= 4 is 76.9 Å². The molecule has 2 saturated heterocycles. The van der Waals surface area contributed by atoms with Gasteiger partial charge in [-0.15, -0.1) is 0 Å². The molecular formula is C58H100N12O14. The number of likely N-dealkylation sites (tertiary alicyclic amines) is 2. The number of rotatable bonds is 32. The molecule has 2 heterocycles. The van der Waals surface area contributed by atoms with Crippen molar-refractivity contribution in [3.63, 3.8) is 0 Å². The molecule has 2 rings (SSSR count). The number of aliphatic carboxylic acids is 1. The smallest absolute Gasteiger partial charge is 0.326 e. The van der Waals surface area contributed by atoms with E-state index in [1.807, 2.05) is 41.5 Å². The second-order valence-electron chi connectivity index (χ2n) is 25.7. The number of amides is 12. The summed E-state index contributed by atoms with van der Waals surface area (Å²) >= 11 is 0. The molecule has 2 aliphatic rings. The first-order valence-corrected chi connectivity index (χ1v) is 29.6. The number of primary amides is 1. The van der Waals surface area contributed by atoms with Crippen molar-refractivity contribution in [1.82, 2.24) is 57.7 Å². The van der Waals surface area contributed by atoms with E-state index >= 15 is 0 Å². The molecule has 0 bridgehead atoms. The second kappa shape index (κ2) is 31.8. The Kier molecular flexibility index (Phi) is 27.8. The topological polar surface area (TPSA) is 383 Å². The molecule has 0 aromatic heterocycles. The van der Waals surface area contributed by atoms with Crippen LogP contribution >= 0.6 is 0 Å². The SMILES string of the molecule is CC[C@H](C)[C@H](NC(=O)[C@H](CC(N)=O)NC(=O)C(C)(C)NC(C)=O)C(=O)N[C@H](C(=O)NC(C)(C)C(=O)N1CCC[C@H]1C(=O)N[C@@H](CC(C)C)C(=O)N[C@@H](CC(C)C)C(=O)NC(C)(C)C(=O)N1CCC[C@H]1C(=O)N[C@@H](CC(C)C)C(=O)O)[C@@H](C)CC. The van der Waals surface area contributed by atoms with Crippen LogP contribution in [0.1, 0.15) is 182 Å². The van der Waals surface area contributed by atoms with Gasteiger partial charge in [0.25, 0.3) is 0 Å². The van der Waals surface area contributed by atoms with Crippen LogP contribution < -0.4 is 53.6 Å². The van der Waals surface area contributed by atoms with Crippen molar-refractivity contribution in [2.24, 2.45) is 35.3 Å². The summed E-state index contributed by atoms with van der Waals surface area (Å²) < 4.78 is 0. The maximum Gasteiger partial charge on any atom is 0.326 e. The van der Waals surface area contributed by atoms with E-state index in [1.165, 1.54) is 58.3 Å². The van der Waals surface area contributed by atoms with E-state index in [0.717, 1.165) is 0 Å². The van der Waals surface area contributed by atoms with E-state index < -0.39 is 160 Å². The third-order valence-corrected chi connectivity index (χ3v) is 15.2. The summed E-state index contributed by atoms with van der Waals surface area (Å²) in [5.41, 5.74) is 0.675. The summed E-state index contributed by atoms with van der Waals surface area (Å²) in [6, 6.07) is -9.68. The summed E-state index contributed by atoms with van der Waals surface area (Å²) in [7, 11) is 0. The number of carboxylic acids is 1. The first-order valence-electron chi connectivity index (χ1n) is 29.6. The number of carboxylic acid groups (broad SMARTS) is 1. The summed E-state index contributed by atoms with van der Waals surface area (Å²) in [4.78, 5) is 179. The van der Waals surface area contributed by atoms with Gasteiger partial charge in [0.05, 0.1) is 6.42 Å². The predicted octanol–water partition coefficient (Wildman–Crippen LogP) is 0.772. The van der Waals surface area contributed by atoms with Crippen LogP contribution in [0.15, 0.2) is 0 Å². The summed E-state index contributed by atoms with van der Waals surface area (Å²) in [6.07, 6.45) is 1.91. The van der Waals surface area contributed by atoms with E-state index in [2.05, 4.69) is 47.9 Å². The lowest BCUT2D eigenvalue weighted by molar-refractivity contribution is -0.147. The summed E-state index contributed by atoms with van der Waals surface area (Å²) in [5.74, 6) is -11.2. The Bertz CT molecular complexity index is 2410. The standard InChI is InChI=1S/C58H100N12O14/c1-18-33(9)43(64-46(74)38(29-42(59)72)63-53(82)56(12,13)66-35(11)71)50(78)65-44(34(10)19-2)51(79)68-58(16,17)55(84)69-24-20-22-40(69)48(76)61-36(26-30(3)4)45(73)60-37(27-31(5)6)47(75)67-57(14,15)54(83)70-25-21-23-41(70)49(77)62-39(52(80)81)28-32(7)8/h30-34,36-41,43-44H,18-29H2,1-17H3,(H2,59,72)(H,60,73)(H,61,76)(H,62,77)(H,63,82)(H,64,74)(H,65,78)(H,66,71)(H,67,75)(H,68,79)(H,80,81)/t33-,34-,36-,37-,38-,39-,40-,41-,43-,44-/m0/s1. The molecule has 12 amide bonds. The Balaban J connectivity index is 2.32. The van der Waals surface area contributed by atoms with Crippen LogP contribution in [0.2, 0.25) is 0 Å². The molecule has 0 spiro atoms. The second-order valence-corrected chi connectivity index (χ2v) is 25.7. The molecule has 0 saturated carbocycles. The predicted molar refractivity (Wildman–Crippen MR) is 312 cm³/mol. The van der Waals surface area contributed by atoms with Crippen molar-refractivity contribution in [3.8, 4) is 0 Å². The molecule has 10 atom stereocenters. The molecule has 2 fully saturated rings. The van der Waals surface area contributed by atoms with Crippen LogP contribution in [0, 0.1) is 29.6 Å². The molecular weight excluding hydrogens is 1090 g/mol. The van der Waals surface area contributed by atoms with Crippen molar-refractivity contribution in [1.29, 1.82) is 0 Å². The number of nitrogens with two attached hydrogens (primary N) is 1. The van der Waals surface area contributed by atoms with Gasteiger partial charge in [-0.25, -0.2) is 4.79 Å². The molecule has 0 unspecified atom stereocenters. The minimum Gasteiger partial charge on any atom is -0.480 e. The molecule has 476 valence electrons. The number of hydrogen-bond donors (Lipinski definition) is 11. The average molecular weight is 1190 g/mol. The molecule has 0 radical (unpaired) electrons. The zero-order valence-electron chi connectivity index (χ0n) is 52.7. The van der Waals surface area contributed by atoms with Gasteiger partial charge < -0.3 is 68.5 Å². The van der Waals surface area contributed by atoms with Crippen molar-refractivity contribution in [2.75, 3.05) is 13.1 Å². The number of nitrogens with one attached hydrogen (secondary N) is 9. The molecule has 0 aromatic rings. The Hall–Kier alpha value is -6.89. The van der Waals surface area contributed by atoms with Gasteiger partial charge in [-0.1, -0.05) is 82.1 Å². The maximum atomic E-state index is 14.5. The normalized spacial score (nSPS) is 18.4. The highest BCUT2D eigenvalue weighted by atomic mass is 16.4. The maximum absolute atomic E-state index is 14.5. The van der Waals surface area contributed by atoms with Crippen LogP contribution in [-0.4, -0.2) is 170 Å². The number of carbonyl (C=O) groups excluding carboxylic acids is 12. The fraction of sp³-hybridized carbons (Fsp3) is 0.776. The molecule has 26 heteroatoms. The molecule has 26 nitrogen and oxygen atoms in total. The van der Waals surface area contributed by atoms with Crippen molar-refractivity contribution < 1.29 is 67.4 Å². The van der Waals surface area contributed by atoms with E-state index in [0.29, 0.717) is 25.7 Å². The lowest BCUT2D eigenvalue weighted by Gasteiger charge is -2.36. The lowest BCUT2D eigenvalue weighted by Crippen LogP contribution is -2.64. The largest absolute Gasteiger partial charge is 0.480 e. The van der Waals surface area contributed by atoms with Gasteiger partial charge in [0.15, 0.2) is 0 Å². The Morgan fingerprint density at radius 3 is 1.27 bits per heavy atom. The Morgan fingerprint density at radius 1 is 0.488 bits per heavy atom. The average Bonchev–Trinajstić information content (AvgIpc) is 4.19. The first-order chi connectivity index (χ1) is 38.7. The van der Waals surface area contributed by atoms with Crippen LogP contribution in [0.25, 0.3) is 0 Å². The number of nitrogens with zero attached hydrogens (tertiary/aromatic N) is 2. The zero-order chi connectivity index (χ0) is 64.5. The fourth-order valence-corrected chi connectivity index (χ4v) is 10.2. The van der Waals surface area contributed by atoms with Crippen LogP contribution in [0.5, 0.6) is 0 Å². The highest BCUT2D eigenvalue weighted by Crippen LogP contribution is 2.25. The van der Waals surface area contributed by atoms with Crippen molar-refractivity contribution in [2.45, 2.75) is 247 Å².